The minimum absolute atomic E-state index is 0.179. The number of hydrogen-bond acceptors (Lipinski definition) is 2. The summed E-state index contributed by atoms with van der Waals surface area (Å²) in [6.07, 6.45) is 4.83. The molecule has 0 radical (unpaired) electrons. The van der Waals surface area contributed by atoms with Gasteiger partial charge in [0.25, 0.3) is 0 Å². The molecular formula is C18H24O2. The summed E-state index contributed by atoms with van der Waals surface area (Å²) < 4.78 is 0. The van der Waals surface area contributed by atoms with Crippen LogP contribution in [0.15, 0.2) is 24.0 Å². The van der Waals surface area contributed by atoms with Gasteiger partial charge in [0.1, 0.15) is 5.76 Å². The van der Waals surface area contributed by atoms with Crippen molar-refractivity contribution in [2.45, 2.75) is 52.1 Å². The summed E-state index contributed by atoms with van der Waals surface area (Å²) in [4.78, 5) is 0. The third-order valence-corrected chi connectivity index (χ3v) is 5.16. The maximum atomic E-state index is 10.7. The van der Waals surface area contributed by atoms with Gasteiger partial charge in [0.2, 0.25) is 0 Å². The third-order valence-electron chi connectivity index (χ3n) is 5.16. The molecule has 108 valence electrons. The van der Waals surface area contributed by atoms with E-state index in [4.69, 9.17) is 0 Å². The number of aliphatic hydroxyl groups is 2. The maximum Gasteiger partial charge on any atom is 0.102 e. The monoisotopic (exact) mass is 272 g/mol. The van der Waals surface area contributed by atoms with Gasteiger partial charge in [-0.15, -0.1) is 0 Å². The van der Waals surface area contributed by atoms with Crippen molar-refractivity contribution in [3.05, 3.63) is 40.6 Å². The summed E-state index contributed by atoms with van der Waals surface area (Å²) in [7, 11) is 0. The molecule has 1 unspecified atom stereocenters. The van der Waals surface area contributed by atoms with Gasteiger partial charge in [0.15, 0.2) is 0 Å². The Morgan fingerprint density at radius 3 is 2.65 bits per heavy atom. The maximum absolute atomic E-state index is 10.7. The fourth-order valence-corrected chi connectivity index (χ4v) is 4.13. The quantitative estimate of drug-likeness (QED) is 0.854. The first-order chi connectivity index (χ1) is 9.65. The molecular weight excluding hydrogens is 248 g/mol. The smallest absolute Gasteiger partial charge is 0.102 e. The van der Waals surface area contributed by atoms with Crippen LogP contribution >= 0.6 is 0 Å². The molecule has 1 aromatic carbocycles. The normalized spacial score (nSPS) is 29.6. The molecule has 2 aliphatic carbocycles. The average Bonchev–Trinajstić information content (AvgIpc) is 2.72. The Bertz CT molecular complexity index is 544. The van der Waals surface area contributed by atoms with E-state index in [2.05, 4.69) is 32.0 Å². The van der Waals surface area contributed by atoms with Crippen LogP contribution in [0.1, 0.15) is 49.3 Å². The Kier molecular flexibility index (Phi) is 3.59. The van der Waals surface area contributed by atoms with Gasteiger partial charge in [-0.05, 0) is 48.8 Å². The fraction of sp³-hybridized carbons (Fsp3) is 0.556. The summed E-state index contributed by atoms with van der Waals surface area (Å²) in [5.41, 5.74) is 4.29. The highest BCUT2D eigenvalue weighted by atomic mass is 16.3. The molecule has 0 heterocycles. The van der Waals surface area contributed by atoms with Crippen LogP contribution in [0.4, 0.5) is 0 Å². The molecule has 0 aromatic heterocycles. The standard InChI is InChI=1S/C18H24O2/c1-3-12-8-6-7-11(2)15(12)16-17(19)13-9-4-5-10-14(13)18(16)20/h6-8,13-14,17,19-20H,3-5,9-10H2,1-2H3/t13-,14-,17?/m0/s1. The third kappa shape index (κ3) is 1.98. The second kappa shape index (κ2) is 5.25. The van der Waals surface area contributed by atoms with Crippen molar-refractivity contribution < 1.29 is 10.2 Å². The van der Waals surface area contributed by atoms with Crippen LogP contribution in [0.3, 0.4) is 0 Å². The Labute approximate surface area is 121 Å². The number of aryl methyl sites for hydroxylation is 2. The second-order valence-electron chi connectivity index (χ2n) is 6.26. The topological polar surface area (TPSA) is 40.5 Å². The van der Waals surface area contributed by atoms with Crippen LogP contribution in [0.25, 0.3) is 5.57 Å². The molecule has 2 N–H and O–H groups in total. The van der Waals surface area contributed by atoms with E-state index in [0.29, 0.717) is 5.76 Å². The van der Waals surface area contributed by atoms with Crippen LogP contribution in [-0.2, 0) is 6.42 Å². The van der Waals surface area contributed by atoms with E-state index < -0.39 is 6.10 Å². The Morgan fingerprint density at radius 2 is 1.95 bits per heavy atom. The molecule has 2 nitrogen and oxygen atoms in total. The highest BCUT2D eigenvalue weighted by Gasteiger charge is 2.44. The summed E-state index contributed by atoms with van der Waals surface area (Å²) in [5.74, 6) is 0.868. The summed E-state index contributed by atoms with van der Waals surface area (Å²) >= 11 is 0. The molecule has 0 spiro atoms. The number of rotatable bonds is 2. The highest BCUT2D eigenvalue weighted by Crippen LogP contribution is 2.49. The lowest BCUT2D eigenvalue weighted by Crippen LogP contribution is -2.25. The zero-order valence-electron chi connectivity index (χ0n) is 12.4. The Balaban J connectivity index is 2.11. The number of hydrogen-bond donors (Lipinski definition) is 2. The van der Waals surface area contributed by atoms with Gasteiger partial charge in [-0.2, -0.15) is 0 Å². The Morgan fingerprint density at radius 1 is 1.20 bits per heavy atom. The zero-order valence-corrected chi connectivity index (χ0v) is 12.4. The van der Waals surface area contributed by atoms with Crippen LogP contribution in [0, 0.1) is 18.8 Å². The molecule has 3 rings (SSSR count). The van der Waals surface area contributed by atoms with Crippen molar-refractivity contribution in [3.8, 4) is 0 Å². The van der Waals surface area contributed by atoms with Gasteiger partial charge >= 0.3 is 0 Å². The van der Waals surface area contributed by atoms with E-state index in [0.717, 1.165) is 36.0 Å². The van der Waals surface area contributed by atoms with E-state index in [1.54, 1.807) is 0 Å². The first-order valence-corrected chi connectivity index (χ1v) is 7.85. The minimum Gasteiger partial charge on any atom is -0.512 e. The van der Waals surface area contributed by atoms with E-state index in [1.165, 1.54) is 18.4 Å². The van der Waals surface area contributed by atoms with Crippen molar-refractivity contribution in [1.29, 1.82) is 0 Å². The predicted molar refractivity (Wildman–Crippen MR) is 81.6 cm³/mol. The molecule has 0 saturated heterocycles. The number of aliphatic hydroxyl groups excluding tert-OH is 2. The van der Waals surface area contributed by atoms with Crippen molar-refractivity contribution >= 4 is 5.57 Å². The van der Waals surface area contributed by atoms with E-state index in [1.807, 2.05) is 0 Å². The van der Waals surface area contributed by atoms with Crippen LogP contribution in [-0.4, -0.2) is 16.3 Å². The van der Waals surface area contributed by atoms with Gasteiger partial charge in [0, 0.05) is 11.5 Å². The first-order valence-electron chi connectivity index (χ1n) is 7.85. The molecule has 20 heavy (non-hydrogen) atoms. The largest absolute Gasteiger partial charge is 0.512 e. The van der Waals surface area contributed by atoms with Crippen LogP contribution in [0.2, 0.25) is 0 Å². The molecule has 3 atom stereocenters. The van der Waals surface area contributed by atoms with E-state index in [9.17, 15) is 10.2 Å². The fourth-order valence-electron chi connectivity index (χ4n) is 4.13. The molecule has 1 saturated carbocycles. The van der Waals surface area contributed by atoms with Crippen molar-refractivity contribution in [2.75, 3.05) is 0 Å². The van der Waals surface area contributed by atoms with Gasteiger partial charge in [-0.3, -0.25) is 0 Å². The van der Waals surface area contributed by atoms with Gasteiger partial charge in [-0.25, -0.2) is 0 Å². The van der Waals surface area contributed by atoms with Crippen molar-refractivity contribution in [3.63, 3.8) is 0 Å². The molecule has 0 bridgehead atoms. The molecule has 0 amide bonds. The molecule has 2 heteroatoms. The van der Waals surface area contributed by atoms with Crippen molar-refractivity contribution in [1.82, 2.24) is 0 Å². The molecule has 1 aromatic rings. The second-order valence-corrected chi connectivity index (χ2v) is 6.26. The Hall–Kier alpha value is -1.28. The lowest BCUT2D eigenvalue weighted by atomic mass is 9.79. The zero-order chi connectivity index (χ0) is 14.3. The average molecular weight is 272 g/mol. The van der Waals surface area contributed by atoms with Gasteiger partial charge < -0.3 is 10.2 Å². The number of allylic oxidation sites excluding steroid dienone is 1. The highest BCUT2D eigenvalue weighted by molar-refractivity contribution is 5.77. The lowest BCUT2D eigenvalue weighted by Gasteiger charge is -2.27. The molecule has 0 aliphatic heterocycles. The van der Waals surface area contributed by atoms with Crippen LogP contribution < -0.4 is 0 Å². The van der Waals surface area contributed by atoms with Crippen molar-refractivity contribution in [2.24, 2.45) is 11.8 Å². The number of fused-ring (bicyclic) bond motifs is 1. The van der Waals surface area contributed by atoms with E-state index in [-0.39, 0.29) is 11.8 Å². The number of benzene rings is 1. The predicted octanol–water partition coefficient (Wildman–Crippen LogP) is 4.01. The first kappa shape index (κ1) is 13.7. The van der Waals surface area contributed by atoms with Crippen LogP contribution in [0.5, 0.6) is 0 Å². The summed E-state index contributed by atoms with van der Waals surface area (Å²) in [6.45, 7) is 4.20. The lowest BCUT2D eigenvalue weighted by molar-refractivity contribution is 0.109. The SMILES string of the molecule is CCc1cccc(C)c1C1=C(O)[C@H]2CCCC[C@@H]2C1O. The minimum atomic E-state index is -0.494. The molecule has 1 fully saturated rings. The summed E-state index contributed by atoms with van der Waals surface area (Å²) in [5, 5.41) is 21.4. The summed E-state index contributed by atoms with van der Waals surface area (Å²) in [6, 6.07) is 6.24. The van der Waals surface area contributed by atoms with Gasteiger partial charge in [-0.1, -0.05) is 38.0 Å². The van der Waals surface area contributed by atoms with Gasteiger partial charge in [0.05, 0.1) is 6.10 Å². The molecule has 2 aliphatic rings. The van der Waals surface area contributed by atoms with E-state index >= 15 is 0 Å².